The summed E-state index contributed by atoms with van der Waals surface area (Å²) in [5, 5.41) is 2.54. The van der Waals surface area contributed by atoms with E-state index in [0.29, 0.717) is 9.90 Å². The summed E-state index contributed by atoms with van der Waals surface area (Å²) in [7, 11) is -3.59. The summed E-state index contributed by atoms with van der Waals surface area (Å²) in [6, 6.07) is 18.5. The van der Waals surface area contributed by atoms with Crippen molar-refractivity contribution in [1.82, 2.24) is 4.98 Å². The van der Waals surface area contributed by atoms with Crippen LogP contribution in [0.1, 0.15) is 0 Å². The summed E-state index contributed by atoms with van der Waals surface area (Å²) in [6.45, 7) is 0. The Hall–Kier alpha value is -2.22. The van der Waals surface area contributed by atoms with Crippen molar-refractivity contribution < 1.29 is 8.42 Å². The lowest BCUT2D eigenvalue weighted by atomic mass is 10.2. The minimum absolute atomic E-state index is 0.293. The van der Waals surface area contributed by atoms with E-state index in [0.717, 1.165) is 20.8 Å². The number of para-hydroxylation sites is 2. The van der Waals surface area contributed by atoms with E-state index < -0.39 is 10.0 Å². The van der Waals surface area contributed by atoms with Crippen LogP contribution in [0.15, 0.2) is 70.3 Å². The molecule has 0 spiro atoms. The third-order valence-corrected chi connectivity index (χ3v) is 7.29. The van der Waals surface area contributed by atoms with Gasteiger partial charge in [-0.05, 0) is 35.7 Å². The van der Waals surface area contributed by atoms with Crippen LogP contribution in [0.3, 0.4) is 0 Å². The Morgan fingerprint density at radius 2 is 1.71 bits per heavy atom. The van der Waals surface area contributed by atoms with Gasteiger partial charge in [0.05, 0.1) is 15.9 Å². The summed E-state index contributed by atoms with van der Waals surface area (Å²) >= 11 is 2.74. The first-order valence-electron chi connectivity index (χ1n) is 7.15. The minimum atomic E-state index is -3.59. The number of nitrogens with one attached hydrogen (secondary N) is 1. The molecule has 0 saturated heterocycles. The average molecular weight is 372 g/mol. The third kappa shape index (κ3) is 2.82. The van der Waals surface area contributed by atoms with Crippen LogP contribution in [-0.2, 0) is 10.0 Å². The zero-order valence-electron chi connectivity index (χ0n) is 12.3. The summed E-state index contributed by atoms with van der Waals surface area (Å²) < 4.78 is 29.0. The number of thiophene rings is 1. The maximum atomic E-state index is 12.5. The van der Waals surface area contributed by atoms with Gasteiger partial charge in [-0.2, -0.15) is 0 Å². The van der Waals surface area contributed by atoms with Gasteiger partial charge >= 0.3 is 0 Å². The molecule has 0 aliphatic carbocycles. The quantitative estimate of drug-likeness (QED) is 0.558. The lowest BCUT2D eigenvalue weighted by molar-refractivity contribution is 0.603. The molecule has 0 radical (unpaired) electrons. The normalized spacial score (nSPS) is 11.7. The molecule has 0 aliphatic heterocycles. The van der Waals surface area contributed by atoms with Crippen LogP contribution >= 0.6 is 22.7 Å². The maximum absolute atomic E-state index is 12.5. The molecule has 7 heteroatoms. The van der Waals surface area contributed by atoms with Gasteiger partial charge in [0.15, 0.2) is 0 Å². The maximum Gasteiger partial charge on any atom is 0.271 e. The molecule has 0 unspecified atom stereocenters. The number of hydrogen-bond donors (Lipinski definition) is 1. The Bertz CT molecular complexity index is 1070. The zero-order chi connectivity index (χ0) is 16.6. The van der Waals surface area contributed by atoms with E-state index in [1.807, 2.05) is 42.5 Å². The van der Waals surface area contributed by atoms with Gasteiger partial charge in [-0.25, -0.2) is 13.4 Å². The number of sulfonamides is 1. The van der Waals surface area contributed by atoms with E-state index >= 15 is 0 Å². The minimum Gasteiger partial charge on any atom is -0.278 e. The Morgan fingerprint density at radius 1 is 0.917 bits per heavy atom. The van der Waals surface area contributed by atoms with E-state index in [4.69, 9.17) is 0 Å². The predicted molar refractivity (Wildman–Crippen MR) is 100 cm³/mol. The standard InChI is InChI=1S/C17H12N2O2S3/c20-24(21,16-10-5-11-22-16)19-13-7-2-1-6-12(13)17-18-14-8-3-4-9-15(14)23-17/h1-11,19H. The molecule has 0 saturated carbocycles. The van der Waals surface area contributed by atoms with Gasteiger partial charge in [0.25, 0.3) is 10.0 Å². The summed E-state index contributed by atoms with van der Waals surface area (Å²) in [5.74, 6) is 0. The Morgan fingerprint density at radius 3 is 2.50 bits per heavy atom. The number of nitrogens with zero attached hydrogens (tertiary/aromatic N) is 1. The number of anilines is 1. The van der Waals surface area contributed by atoms with Crippen molar-refractivity contribution in [2.45, 2.75) is 4.21 Å². The Kier molecular flexibility index (Phi) is 3.84. The van der Waals surface area contributed by atoms with Crippen molar-refractivity contribution in [3.05, 3.63) is 66.0 Å². The Labute approximate surface area is 147 Å². The van der Waals surface area contributed by atoms with Crippen molar-refractivity contribution >= 4 is 48.6 Å². The Balaban J connectivity index is 1.78. The topological polar surface area (TPSA) is 59.1 Å². The molecule has 4 aromatic rings. The molecule has 0 amide bonds. The number of aromatic nitrogens is 1. The molecule has 0 aliphatic rings. The lowest BCUT2D eigenvalue weighted by Crippen LogP contribution is -2.12. The van der Waals surface area contributed by atoms with Gasteiger partial charge in [-0.15, -0.1) is 22.7 Å². The first-order chi connectivity index (χ1) is 11.6. The summed E-state index contributed by atoms with van der Waals surface area (Å²) in [4.78, 5) is 4.62. The van der Waals surface area contributed by atoms with Crippen molar-refractivity contribution in [1.29, 1.82) is 0 Å². The van der Waals surface area contributed by atoms with Crippen LogP contribution in [0.4, 0.5) is 5.69 Å². The second-order valence-corrected chi connectivity index (χ2v) is 8.96. The van der Waals surface area contributed by atoms with Crippen LogP contribution in [0.25, 0.3) is 20.8 Å². The molecule has 0 bridgehead atoms. The molecular formula is C17H12N2O2S3. The fourth-order valence-corrected chi connectivity index (χ4v) is 5.44. The van der Waals surface area contributed by atoms with E-state index in [1.54, 1.807) is 34.9 Å². The summed E-state index contributed by atoms with van der Waals surface area (Å²) in [6.07, 6.45) is 0. The predicted octanol–water partition coefficient (Wildman–Crippen LogP) is 4.83. The monoisotopic (exact) mass is 372 g/mol. The van der Waals surface area contributed by atoms with Crippen molar-refractivity contribution in [3.63, 3.8) is 0 Å². The molecule has 4 rings (SSSR count). The van der Waals surface area contributed by atoms with Crippen molar-refractivity contribution in [3.8, 4) is 10.6 Å². The smallest absolute Gasteiger partial charge is 0.271 e. The second-order valence-electron chi connectivity index (χ2n) is 5.07. The molecule has 0 fully saturated rings. The molecule has 24 heavy (non-hydrogen) atoms. The molecule has 4 nitrogen and oxygen atoms in total. The molecule has 0 atom stereocenters. The lowest BCUT2D eigenvalue weighted by Gasteiger charge is -2.10. The van der Waals surface area contributed by atoms with E-state index in [-0.39, 0.29) is 0 Å². The highest BCUT2D eigenvalue weighted by molar-refractivity contribution is 7.94. The molecule has 1 N–H and O–H groups in total. The fraction of sp³-hybridized carbons (Fsp3) is 0. The largest absolute Gasteiger partial charge is 0.278 e. The number of hydrogen-bond acceptors (Lipinski definition) is 5. The first-order valence-corrected chi connectivity index (χ1v) is 10.3. The molecule has 2 aromatic carbocycles. The number of thiazole rings is 1. The average Bonchev–Trinajstić information content (AvgIpc) is 3.25. The summed E-state index contributed by atoms with van der Waals surface area (Å²) in [5.41, 5.74) is 2.22. The van der Waals surface area contributed by atoms with E-state index in [2.05, 4.69) is 9.71 Å². The number of benzene rings is 2. The van der Waals surface area contributed by atoms with Gasteiger partial charge in [-0.3, -0.25) is 4.72 Å². The highest BCUT2D eigenvalue weighted by Gasteiger charge is 2.18. The van der Waals surface area contributed by atoms with Crippen LogP contribution < -0.4 is 4.72 Å². The van der Waals surface area contributed by atoms with Crippen LogP contribution in [-0.4, -0.2) is 13.4 Å². The number of rotatable bonds is 4. The van der Waals surface area contributed by atoms with E-state index in [9.17, 15) is 8.42 Å². The van der Waals surface area contributed by atoms with Crippen LogP contribution in [0.5, 0.6) is 0 Å². The molecule has 2 heterocycles. The SMILES string of the molecule is O=S(=O)(Nc1ccccc1-c1nc2ccccc2s1)c1cccs1. The molecule has 120 valence electrons. The molecular weight excluding hydrogens is 360 g/mol. The van der Waals surface area contributed by atoms with Gasteiger partial charge < -0.3 is 0 Å². The highest BCUT2D eigenvalue weighted by Crippen LogP contribution is 2.35. The van der Waals surface area contributed by atoms with Gasteiger partial charge in [-0.1, -0.05) is 30.3 Å². The first kappa shape index (κ1) is 15.3. The van der Waals surface area contributed by atoms with Crippen molar-refractivity contribution in [2.24, 2.45) is 0 Å². The van der Waals surface area contributed by atoms with Crippen molar-refractivity contribution in [2.75, 3.05) is 4.72 Å². The number of fused-ring (bicyclic) bond motifs is 1. The second kappa shape index (κ2) is 6.01. The molecule has 2 aromatic heterocycles. The van der Waals surface area contributed by atoms with Gasteiger partial charge in [0, 0.05) is 5.56 Å². The van der Waals surface area contributed by atoms with Gasteiger partial charge in [0.1, 0.15) is 9.22 Å². The zero-order valence-corrected chi connectivity index (χ0v) is 14.8. The highest BCUT2D eigenvalue weighted by atomic mass is 32.2. The van der Waals surface area contributed by atoms with E-state index in [1.165, 1.54) is 11.3 Å². The van der Waals surface area contributed by atoms with Crippen LogP contribution in [0, 0.1) is 0 Å². The van der Waals surface area contributed by atoms with Crippen LogP contribution in [0.2, 0.25) is 0 Å². The third-order valence-electron chi connectivity index (χ3n) is 3.46. The van der Waals surface area contributed by atoms with Gasteiger partial charge in [0.2, 0.25) is 0 Å². The fourth-order valence-electron chi connectivity index (χ4n) is 2.36.